The standard InChI is InChI=1S/C11H11N3O/c12-5-9-2-1-8(6-14-9)10-7-13-4-3-11(10)15/h1-2,6,10,13H,3-4,7H2. The normalized spacial score (nSPS) is 21.0. The zero-order valence-corrected chi connectivity index (χ0v) is 8.23. The number of pyridine rings is 1. The minimum atomic E-state index is -0.0982. The third-order valence-corrected chi connectivity index (χ3v) is 2.59. The summed E-state index contributed by atoms with van der Waals surface area (Å²) >= 11 is 0. The lowest BCUT2D eigenvalue weighted by Gasteiger charge is -2.21. The Hall–Kier alpha value is -1.73. The lowest BCUT2D eigenvalue weighted by molar-refractivity contribution is -0.121. The minimum Gasteiger partial charge on any atom is -0.315 e. The van der Waals surface area contributed by atoms with Crippen LogP contribution in [0.5, 0.6) is 0 Å². The molecule has 2 heterocycles. The van der Waals surface area contributed by atoms with Crippen molar-refractivity contribution in [2.45, 2.75) is 12.3 Å². The second-order valence-corrected chi connectivity index (χ2v) is 3.56. The van der Waals surface area contributed by atoms with E-state index in [4.69, 9.17) is 5.26 Å². The van der Waals surface area contributed by atoms with E-state index < -0.39 is 0 Å². The molecular weight excluding hydrogens is 190 g/mol. The van der Waals surface area contributed by atoms with Crippen molar-refractivity contribution in [3.05, 3.63) is 29.6 Å². The van der Waals surface area contributed by atoms with Crippen molar-refractivity contribution >= 4 is 5.78 Å². The van der Waals surface area contributed by atoms with Gasteiger partial charge in [0.25, 0.3) is 0 Å². The number of rotatable bonds is 1. The second kappa shape index (κ2) is 4.20. The van der Waals surface area contributed by atoms with Gasteiger partial charge in [-0.25, -0.2) is 4.98 Å². The first-order valence-corrected chi connectivity index (χ1v) is 4.91. The number of ketones is 1. The Morgan fingerprint density at radius 2 is 2.40 bits per heavy atom. The number of aromatic nitrogens is 1. The van der Waals surface area contributed by atoms with Crippen molar-refractivity contribution in [1.82, 2.24) is 10.3 Å². The fourth-order valence-corrected chi connectivity index (χ4v) is 1.73. The summed E-state index contributed by atoms with van der Waals surface area (Å²) < 4.78 is 0. The summed E-state index contributed by atoms with van der Waals surface area (Å²) in [6.45, 7) is 1.44. The molecule has 1 fully saturated rings. The molecule has 4 heteroatoms. The molecule has 76 valence electrons. The zero-order chi connectivity index (χ0) is 10.7. The number of carbonyl (C=O) groups is 1. The zero-order valence-electron chi connectivity index (χ0n) is 8.23. The van der Waals surface area contributed by atoms with Gasteiger partial charge in [-0.2, -0.15) is 5.26 Å². The second-order valence-electron chi connectivity index (χ2n) is 3.56. The number of nitrogens with one attached hydrogen (secondary N) is 1. The largest absolute Gasteiger partial charge is 0.315 e. The molecule has 1 aromatic rings. The lowest BCUT2D eigenvalue weighted by atomic mass is 9.91. The molecule has 1 aliphatic heterocycles. The molecule has 0 bridgehead atoms. The SMILES string of the molecule is N#Cc1ccc(C2CNCCC2=O)cn1. The first-order chi connectivity index (χ1) is 7.31. The maximum atomic E-state index is 11.6. The summed E-state index contributed by atoms with van der Waals surface area (Å²) in [6, 6.07) is 5.41. The van der Waals surface area contributed by atoms with E-state index in [9.17, 15) is 4.79 Å². The molecule has 1 atom stereocenters. The maximum Gasteiger partial charge on any atom is 0.142 e. The molecule has 0 amide bonds. The summed E-state index contributed by atoms with van der Waals surface area (Å²) in [6.07, 6.45) is 2.19. The van der Waals surface area contributed by atoms with Crippen LogP contribution in [-0.2, 0) is 4.79 Å². The van der Waals surface area contributed by atoms with Gasteiger partial charge in [0.15, 0.2) is 0 Å². The van der Waals surface area contributed by atoms with Gasteiger partial charge in [0.05, 0.1) is 5.92 Å². The van der Waals surface area contributed by atoms with Crippen molar-refractivity contribution in [2.75, 3.05) is 13.1 Å². The number of Topliss-reactive ketones (excluding diaryl/α,β-unsaturated/α-hetero) is 1. The van der Waals surface area contributed by atoms with Gasteiger partial charge in [0.1, 0.15) is 17.5 Å². The van der Waals surface area contributed by atoms with Gasteiger partial charge in [0.2, 0.25) is 0 Å². The van der Waals surface area contributed by atoms with Crippen molar-refractivity contribution in [3.8, 4) is 6.07 Å². The molecule has 2 rings (SSSR count). The van der Waals surface area contributed by atoms with Crippen molar-refractivity contribution < 1.29 is 4.79 Å². The molecular formula is C11H11N3O. The van der Waals surface area contributed by atoms with Crippen LogP contribution in [0.15, 0.2) is 18.3 Å². The van der Waals surface area contributed by atoms with Crippen molar-refractivity contribution in [3.63, 3.8) is 0 Å². The molecule has 4 nitrogen and oxygen atoms in total. The van der Waals surface area contributed by atoms with E-state index in [1.165, 1.54) is 0 Å². The summed E-state index contributed by atoms with van der Waals surface area (Å²) in [7, 11) is 0. The van der Waals surface area contributed by atoms with Crippen LogP contribution in [0, 0.1) is 11.3 Å². The van der Waals surface area contributed by atoms with Gasteiger partial charge in [0, 0.05) is 25.7 Å². The molecule has 0 radical (unpaired) electrons. The van der Waals surface area contributed by atoms with Gasteiger partial charge in [-0.1, -0.05) is 6.07 Å². The van der Waals surface area contributed by atoms with E-state index in [-0.39, 0.29) is 11.7 Å². The molecule has 1 aromatic heterocycles. The Balaban J connectivity index is 2.21. The predicted octanol–water partition coefficient (Wildman–Crippen LogP) is 0.599. The summed E-state index contributed by atoms with van der Waals surface area (Å²) in [4.78, 5) is 15.6. The smallest absolute Gasteiger partial charge is 0.142 e. The molecule has 1 aliphatic rings. The number of piperidine rings is 1. The molecule has 1 saturated heterocycles. The number of carbonyl (C=O) groups excluding carboxylic acids is 1. The average Bonchev–Trinajstić information content (AvgIpc) is 2.30. The number of hydrogen-bond acceptors (Lipinski definition) is 4. The van der Waals surface area contributed by atoms with Crippen LogP contribution in [0.25, 0.3) is 0 Å². The minimum absolute atomic E-state index is 0.0982. The van der Waals surface area contributed by atoms with Crippen LogP contribution in [0.2, 0.25) is 0 Å². The first-order valence-electron chi connectivity index (χ1n) is 4.91. The van der Waals surface area contributed by atoms with Crippen molar-refractivity contribution in [1.29, 1.82) is 5.26 Å². The summed E-state index contributed by atoms with van der Waals surface area (Å²) in [5.41, 5.74) is 1.28. The fourth-order valence-electron chi connectivity index (χ4n) is 1.73. The topological polar surface area (TPSA) is 65.8 Å². The molecule has 0 spiro atoms. The highest BCUT2D eigenvalue weighted by atomic mass is 16.1. The quantitative estimate of drug-likeness (QED) is 0.722. The summed E-state index contributed by atoms with van der Waals surface area (Å²) in [5.74, 6) is 0.152. The molecule has 15 heavy (non-hydrogen) atoms. The van der Waals surface area contributed by atoms with Crippen LogP contribution in [0.4, 0.5) is 0 Å². The van der Waals surface area contributed by atoms with Gasteiger partial charge in [-0.15, -0.1) is 0 Å². The maximum absolute atomic E-state index is 11.6. The van der Waals surface area contributed by atoms with E-state index >= 15 is 0 Å². The average molecular weight is 201 g/mol. The Morgan fingerprint density at radius 3 is 3.00 bits per heavy atom. The van der Waals surface area contributed by atoms with E-state index in [2.05, 4.69) is 10.3 Å². The Bertz CT molecular complexity index is 405. The van der Waals surface area contributed by atoms with Crippen LogP contribution < -0.4 is 5.32 Å². The van der Waals surface area contributed by atoms with E-state index in [0.717, 1.165) is 12.1 Å². The molecule has 1 N–H and O–H groups in total. The molecule has 0 saturated carbocycles. The van der Waals surface area contributed by atoms with Gasteiger partial charge >= 0.3 is 0 Å². The Morgan fingerprint density at radius 1 is 1.53 bits per heavy atom. The van der Waals surface area contributed by atoms with Crippen molar-refractivity contribution in [2.24, 2.45) is 0 Å². The monoisotopic (exact) mass is 201 g/mol. The Labute approximate surface area is 87.9 Å². The van der Waals surface area contributed by atoms with Gasteiger partial charge in [-0.05, 0) is 11.6 Å². The molecule has 0 aliphatic carbocycles. The third-order valence-electron chi connectivity index (χ3n) is 2.59. The highest BCUT2D eigenvalue weighted by Gasteiger charge is 2.23. The van der Waals surface area contributed by atoms with E-state index in [1.54, 1.807) is 18.3 Å². The van der Waals surface area contributed by atoms with Gasteiger partial charge in [-0.3, -0.25) is 4.79 Å². The first kappa shape index (κ1) is 9.81. The van der Waals surface area contributed by atoms with E-state index in [0.29, 0.717) is 18.7 Å². The number of nitriles is 1. The van der Waals surface area contributed by atoms with Crippen LogP contribution in [-0.4, -0.2) is 23.9 Å². The third kappa shape index (κ3) is 2.03. The predicted molar refractivity (Wildman–Crippen MR) is 54.2 cm³/mol. The molecule has 1 unspecified atom stereocenters. The Kier molecular flexibility index (Phi) is 2.75. The van der Waals surface area contributed by atoms with Crippen LogP contribution >= 0.6 is 0 Å². The number of hydrogen-bond donors (Lipinski definition) is 1. The summed E-state index contributed by atoms with van der Waals surface area (Å²) in [5, 5.41) is 11.8. The fraction of sp³-hybridized carbons (Fsp3) is 0.364. The highest BCUT2D eigenvalue weighted by Crippen LogP contribution is 2.19. The van der Waals surface area contributed by atoms with Gasteiger partial charge < -0.3 is 5.32 Å². The molecule has 0 aromatic carbocycles. The van der Waals surface area contributed by atoms with Crippen LogP contribution in [0.1, 0.15) is 23.6 Å². The highest BCUT2D eigenvalue weighted by molar-refractivity contribution is 5.86. The van der Waals surface area contributed by atoms with E-state index in [1.807, 2.05) is 6.07 Å². The lowest BCUT2D eigenvalue weighted by Crippen LogP contribution is -2.35. The van der Waals surface area contributed by atoms with Crippen LogP contribution in [0.3, 0.4) is 0 Å². The number of nitrogens with zero attached hydrogens (tertiary/aromatic N) is 2.